The van der Waals surface area contributed by atoms with Gasteiger partial charge in [0.15, 0.2) is 0 Å². The summed E-state index contributed by atoms with van der Waals surface area (Å²) in [5.41, 5.74) is 0. The van der Waals surface area contributed by atoms with Crippen LogP contribution in [0, 0.1) is 0 Å². The van der Waals surface area contributed by atoms with Gasteiger partial charge in [0.2, 0.25) is 0 Å². The topological polar surface area (TPSA) is 18.5 Å². The van der Waals surface area contributed by atoms with E-state index in [0.29, 0.717) is 0 Å². The second-order valence-electron chi connectivity index (χ2n) is 4.50. The highest BCUT2D eigenvalue weighted by molar-refractivity contribution is 9.09. The Labute approximate surface area is 116 Å². The van der Waals surface area contributed by atoms with Gasteiger partial charge in [0.25, 0.3) is 0 Å². The fraction of sp³-hybridized carbons (Fsp3) is 1.00. The van der Waals surface area contributed by atoms with E-state index < -0.39 is 0 Å². The van der Waals surface area contributed by atoms with Gasteiger partial charge in [0.05, 0.1) is 12.7 Å². The number of unbranched alkanes of at least 4 members (excludes halogenated alkanes) is 6. The van der Waals surface area contributed by atoms with Gasteiger partial charge in [-0.25, -0.2) is 0 Å². The zero-order valence-corrected chi connectivity index (χ0v) is 13.1. The molecular formula is C14H29BrO2. The summed E-state index contributed by atoms with van der Waals surface area (Å²) >= 11 is 3.46. The van der Waals surface area contributed by atoms with Crippen LogP contribution in [0.25, 0.3) is 0 Å². The lowest BCUT2D eigenvalue weighted by molar-refractivity contribution is -0.00458. The standard InChI is InChI=1S/C14H29BrO2/c1-3-16-13-14(2)17-12-10-8-6-4-5-7-9-11-15/h14H,3-13H2,1-2H3. The van der Waals surface area contributed by atoms with Crippen LogP contribution < -0.4 is 0 Å². The van der Waals surface area contributed by atoms with E-state index in [4.69, 9.17) is 9.47 Å². The van der Waals surface area contributed by atoms with Crippen LogP contribution in [0.15, 0.2) is 0 Å². The molecule has 0 amide bonds. The molecule has 2 nitrogen and oxygen atoms in total. The molecule has 0 bridgehead atoms. The summed E-state index contributed by atoms with van der Waals surface area (Å²) in [5.74, 6) is 0. The van der Waals surface area contributed by atoms with E-state index in [-0.39, 0.29) is 6.10 Å². The van der Waals surface area contributed by atoms with Crippen LogP contribution in [-0.4, -0.2) is 31.3 Å². The predicted octanol–water partition coefficient (Wildman–Crippen LogP) is 4.55. The average Bonchev–Trinajstić information content (AvgIpc) is 2.34. The van der Waals surface area contributed by atoms with Gasteiger partial charge in [-0.15, -0.1) is 0 Å². The zero-order valence-electron chi connectivity index (χ0n) is 11.5. The smallest absolute Gasteiger partial charge is 0.0780 e. The molecule has 104 valence electrons. The Morgan fingerprint density at radius 3 is 2.12 bits per heavy atom. The van der Waals surface area contributed by atoms with Gasteiger partial charge in [-0.2, -0.15) is 0 Å². The molecule has 1 atom stereocenters. The molecule has 0 aliphatic rings. The van der Waals surface area contributed by atoms with E-state index in [0.717, 1.165) is 25.2 Å². The molecule has 0 spiro atoms. The van der Waals surface area contributed by atoms with Gasteiger partial charge in [0, 0.05) is 18.5 Å². The van der Waals surface area contributed by atoms with Gasteiger partial charge in [-0.3, -0.25) is 0 Å². The van der Waals surface area contributed by atoms with Crippen LogP contribution in [0.3, 0.4) is 0 Å². The predicted molar refractivity (Wildman–Crippen MR) is 78.0 cm³/mol. The monoisotopic (exact) mass is 308 g/mol. The van der Waals surface area contributed by atoms with Crippen molar-refractivity contribution < 1.29 is 9.47 Å². The lowest BCUT2D eigenvalue weighted by atomic mass is 10.1. The van der Waals surface area contributed by atoms with E-state index in [1.165, 1.54) is 44.9 Å². The van der Waals surface area contributed by atoms with Crippen LogP contribution >= 0.6 is 15.9 Å². The summed E-state index contributed by atoms with van der Waals surface area (Å²) in [6.07, 6.45) is 9.53. The lowest BCUT2D eigenvalue weighted by Crippen LogP contribution is -2.16. The molecule has 17 heavy (non-hydrogen) atoms. The van der Waals surface area contributed by atoms with E-state index in [9.17, 15) is 0 Å². The molecule has 0 N–H and O–H groups in total. The quantitative estimate of drug-likeness (QED) is 0.367. The largest absolute Gasteiger partial charge is 0.379 e. The van der Waals surface area contributed by atoms with Gasteiger partial charge >= 0.3 is 0 Å². The second-order valence-corrected chi connectivity index (χ2v) is 5.30. The van der Waals surface area contributed by atoms with Crippen molar-refractivity contribution in [1.82, 2.24) is 0 Å². The Balaban J connectivity index is 3.02. The first kappa shape index (κ1) is 17.4. The van der Waals surface area contributed by atoms with Gasteiger partial charge < -0.3 is 9.47 Å². The van der Waals surface area contributed by atoms with Crippen LogP contribution in [0.4, 0.5) is 0 Å². The second kappa shape index (κ2) is 14.5. The molecule has 1 unspecified atom stereocenters. The third kappa shape index (κ3) is 14.3. The zero-order chi connectivity index (χ0) is 12.8. The molecular weight excluding hydrogens is 280 g/mol. The number of halogens is 1. The first-order chi connectivity index (χ1) is 8.31. The van der Waals surface area contributed by atoms with E-state index in [2.05, 4.69) is 22.9 Å². The molecule has 0 aliphatic heterocycles. The maximum Gasteiger partial charge on any atom is 0.0780 e. The summed E-state index contributed by atoms with van der Waals surface area (Å²) in [6.45, 7) is 6.49. The summed E-state index contributed by atoms with van der Waals surface area (Å²) in [6, 6.07) is 0. The van der Waals surface area contributed by atoms with Crippen molar-refractivity contribution in [2.75, 3.05) is 25.2 Å². The Hall–Kier alpha value is 0.400. The van der Waals surface area contributed by atoms with Crippen LogP contribution in [0.5, 0.6) is 0 Å². The first-order valence-corrected chi connectivity index (χ1v) is 8.18. The van der Waals surface area contributed by atoms with Crippen molar-refractivity contribution in [1.29, 1.82) is 0 Å². The number of hydrogen-bond donors (Lipinski definition) is 0. The number of alkyl halides is 1. The molecule has 0 aromatic heterocycles. The summed E-state index contributed by atoms with van der Waals surface area (Å²) in [7, 11) is 0. The molecule has 0 saturated carbocycles. The minimum Gasteiger partial charge on any atom is -0.379 e. The van der Waals surface area contributed by atoms with E-state index in [1.54, 1.807) is 0 Å². The van der Waals surface area contributed by atoms with Gasteiger partial charge in [-0.05, 0) is 26.7 Å². The third-order valence-corrected chi connectivity index (χ3v) is 3.30. The highest BCUT2D eigenvalue weighted by atomic mass is 79.9. The van der Waals surface area contributed by atoms with Crippen LogP contribution in [-0.2, 0) is 9.47 Å². The molecule has 0 aromatic rings. The fourth-order valence-corrected chi connectivity index (χ4v) is 2.09. The summed E-state index contributed by atoms with van der Waals surface area (Å²) < 4.78 is 11.0. The third-order valence-electron chi connectivity index (χ3n) is 2.74. The van der Waals surface area contributed by atoms with Crippen molar-refractivity contribution in [2.45, 2.75) is 64.9 Å². The van der Waals surface area contributed by atoms with Gasteiger partial charge in [-0.1, -0.05) is 48.0 Å². The Bertz CT molecular complexity index is 142. The molecule has 0 radical (unpaired) electrons. The molecule has 0 aromatic carbocycles. The molecule has 0 heterocycles. The average molecular weight is 309 g/mol. The minimum atomic E-state index is 0.244. The lowest BCUT2D eigenvalue weighted by Gasteiger charge is -2.12. The maximum atomic E-state index is 5.66. The Kier molecular flexibility index (Phi) is 14.8. The highest BCUT2D eigenvalue weighted by Gasteiger charge is 2.00. The molecule has 0 aliphatic carbocycles. The van der Waals surface area contributed by atoms with Crippen molar-refractivity contribution in [3.8, 4) is 0 Å². The summed E-state index contributed by atoms with van der Waals surface area (Å²) in [5, 5.41) is 1.15. The van der Waals surface area contributed by atoms with Crippen molar-refractivity contribution in [3.63, 3.8) is 0 Å². The highest BCUT2D eigenvalue weighted by Crippen LogP contribution is 2.08. The normalized spacial score (nSPS) is 12.9. The van der Waals surface area contributed by atoms with Crippen molar-refractivity contribution in [2.24, 2.45) is 0 Å². The molecule has 0 fully saturated rings. The van der Waals surface area contributed by atoms with Crippen LogP contribution in [0.2, 0.25) is 0 Å². The molecule has 3 heteroatoms. The van der Waals surface area contributed by atoms with Gasteiger partial charge in [0.1, 0.15) is 0 Å². The SMILES string of the molecule is CCOCC(C)OCCCCCCCCCBr. The van der Waals surface area contributed by atoms with Crippen LogP contribution in [0.1, 0.15) is 58.8 Å². The maximum absolute atomic E-state index is 5.66. The Morgan fingerprint density at radius 2 is 1.53 bits per heavy atom. The summed E-state index contributed by atoms with van der Waals surface area (Å²) in [4.78, 5) is 0. The first-order valence-electron chi connectivity index (χ1n) is 7.06. The number of rotatable bonds is 13. The molecule has 0 rings (SSSR count). The molecule has 0 saturated heterocycles. The van der Waals surface area contributed by atoms with E-state index in [1.807, 2.05) is 6.92 Å². The number of hydrogen-bond acceptors (Lipinski definition) is 2. The minimum absolute atomic E-state index is 0.244. The van der Waals surface area contributed by atoms with Crippen molar-refractivity contribution in [3.05, 3.63) is 0 Å². The fourth-order valence-electron chi connectivity index (χ4n) is 1.70. The van der Waals surface area contributed by atoms with E-state index >= 15 is 0 Å². The van der Waals surface area contributed by atoms with Crippen molar-refractivity contribution >= 4 is 15.9 Å². The number of ether oxygens (including phenoxy) is 2. The Morgan fingerprint density at radius 1 is 0.941 bits per heavy atom.